The van der Waals surface area contributed by atoms with Crippen molar-refractivity contribution in [2.45, 2.75) is 19.8 Å². The van der Waals surface area contributed by atoms with Gasteiger partial charge in [-0.15, -0.1) is 0 Å². The van der Waals surface area contributed by atoms with Crippen LogP contribution in [0.4, 0.5) is 0 Å². The summed E-state index contributed by atoms with van der Waals surface area (Å²) in [5.41, 5.74) is 5.78. The number of rotatable bonds is 1. The molecule has 2 unspecified atom stereocenters. The first-order chi connectivity index (χ1) is 5.81. The third-order valence-corrected chi connectivity index (χ3v) is 3.56. The lowest BCUT2D eigenvalue weighted by Gasteiger charge is -2.44. The molecule has 0 spiro atoms. The Kier molecular flexibility index (Phi) is 2.37. The minimum Gasteiger partial charge on any atom is -0.381 e. The minimum atomic E-state index is 0.759. The van der Waals surface area contributed by atoms with Crippen molar-refractivity contribution in [1.29, 1.82) is 0 Å². The molecule has 2 nitrogen and oxygen atoms in total. The Morgan fingerprint density at radius 3 is 2.33 bits per heavy atom. The second kappa shape index (κ2) is 3.35. The highest BCUT2D eigenvalue weighted by atomic mass is 16.5. The zero-order valence-corrected chi connectivity index (χ0v) is 7.83. The highest BCUT2D eigenvalue weighted by molar-refractivity contribution is 4.88. The normalized spacial score (nSPS) is 47.5. The number of hydrogen-bond donors (Lipinski definition) is 1. The van der Waals surface area contributed by atoms with Gasteiger partial charge in [-0.3, -0.25) is 0 Å². The van der Waals surface area contributed by atoms with Gasteiger partial charge in [0.25, 0.3) is 0 Å². The Morgan fingerprint density at radius 2 is 1.83 bits per heavy atom. The van der Waals surface area contributed by atoms with E-state index in [1.165, 1.54) is 12.8 Å². The van der Waals surface area contributed by atoms with Crippen molar-refractivity contribution in [3.8, 4) is 0 Å². The predicted octanol–water partition coefficient (Wildman–Crippen LogP) is 1.25. The van der Waals surface area contributed by atoms with Crippen LogP contribution < -0.4 is 5.73 Å². The fourth-order valence-corrected chi connectivity index (χ4v) is 3.00. The van der Waals surface area contributed by atoms with E-state index in [-0.39, 0.29) is 0 Å². The molecule has 2 bridgehead atoms. The van der Waals surface area contributed by atoms with E-state index in [2.05, 4.69) is 6.92 Å². The van der Waals surface area contributed by atoms with Gasteiger partial charge in [0.1, 0.15) is 0 Å². The molecule has 0 radical (unpaired) electrons. The molecular weight excluding hydrogens is 150 g/mol. The van der Waals surface area contributed by atoms with Gasteiger partial charge >= 0.3 is 0 Å². The highest BCUT2D eigenvalue weighted by Gasteiger charge is 2.38. The van der Waals surface area contributed by atoms with Gasteiger partial charge in [-0.05, 0) is 43.1 Å². The molecule has 70 valence electrons. The van der Waals surface area contributed by atoms with Crippen molar-refractivity contribution in [2.75, 3.05) is 19.8 Å². The van der Waals surface area contributed by atoms with Gasteiger partial charge in [0.05, 0.1) is 0 Å². The predicted molar refractivity (Wildman–Crippen MR) is 48.7 cm³/mol. The van der Waals surface area contributed by atoms with Crippen molar-refractivity contribution < 1.29 is 4.74 Å². The molecule has 1 saturated carbocycles. The van der Waals surface area contributed by atoms with E-state index in [9.17, 15) is 0 Å². The maximum Gasteiger partial charge on any atom is 0.0497 e. The molecule has 0 aromatic carbocycles. The Labute approximate surface area is 74.5 Å². The highest BCUT2D eigenvalue weighted by Crippen LogP contribution is 2.40. The Balaban J connectivity index is 2.06. The third kappa shape index (κ3) is 1.38. The lowest BCUT2D eigenvalue weighted by Crippen LogP contribution is -2.44. The summed E-state index contributed by atoms with van der Waals surface area (Å²) in [6.45, 7) is 5.15. The van der Waals surface area contributed by atoms with E-state index in [1.807, 2.05) is 0 Å². The lowest BCUT2D eigenvalue weighted by atomic mass is 9.67. The third-order valence-electron chi connectivity index (χ3n) is 3.56. The van der Waals surface area contributed by atoms with Gasteiger partial charge in [-0.1, -0.05) is 6.92 Å². The summed E-state index contributed by atoms with van der Waals surface area (Å²) in [7, 11) is 0. The van der Waals surface area contributed by atoms with Gasteiger partial charge in [-0.2, -0.15) is 0 Å². The van der Waals surface area contributed by atoms with Crippen LogP contribution >= 0.6 is 0 Å². The molecular formula is C10H19NO. The maximum absolute atomic E-state index is 5.78. The number of fused-ring (bicyclic) bond motifs is 2. The van der Waals surface area contributed by atoms with E-state index < -0.39 is 0 Å². The number of ether oxygens (including phenoxy) is 1. The van der Waals surface area contributed by atoms with Crippen LogP contribution in [0.1, 0.15) is 19.8 Å². The van der Waals surface area contributed by atoms with Gasteiger partial charge in [0.2, 0.25) is 0 Å². The van der Waals surface area contributed by atoms with Gasteiger partial charge in [0, 0.05) is 13.2 Å². The van der Waals surface area contributed by atoms with Crippen LogP contribution in [0.2, 0.25) is 0 Å². The SMILES string of the molecule is CC1CC2COCC(C1)C2CN. The summed E-state index contributed by atoms with van der Waals surface area (Å²) in [6, 6.07) is 0. The molecule has 2 fully saturated rings. The quantitative estimate of drug-likeness (QED) is 0.641. The molecule has 1 heterocycles. The van der Waals surface area contributed by atoms with E-state index in [0.717, 1.165) is 43.4 Å². The summed E-state index contributed by atoms with van der Waals surface area (Å²) < 4.78 is 5.56. The second-order valence-electron chi connectivity index (χ2n) is 4.53. The zero-order valence-electron chi connectivity index (χ0n) is 7.83. The van der Waals surface area contributed by atoms with Crippen molar-refractivity contribution in [2.24, 2.45) is 29.4 Å². The van der Waals surface area contributed by atoms with Gasteiger partial charge in [0.15, 0.2) is 0 Å². The molecule has 12 heavy (non-hydrogen) atoms. The lowest BCUT2D eigenvalue weighted by molar-refractivity contribution is -0.0658. The van der Waals surface area contributed by atoms with Crippen LogP contribution in [0.25, 0.3) is 0 Å². The van der Waals surface area contributed by atoms with Crippen molar-refractivity contribution in [3.05, 3.63) is 0 Å². The van der Waals surface area contributed by atoms with Crippen LogP contribution in [0.5, 0.6) is 0 Å². The van der Waals surface area contributed by atoms with Crippen LogP contribution in [0, 0.1) is 23.7 Å². The number of nitrogens with two attached hydrogens (primary N) is 1. The van der Waals surface area contributed by atoms with Crippen molar-refractivity contribution >= 4 is 0 Å². The van der Waals surface area contributed by atoms with Crippen molar-refractivity contribution in [3.63, 3.8) is 0 Å². The molecule has 2 heteroatoms. The average molecular weight is 169 g/mol. The van der Waals surface area contributed by atoms with Crippen LogP contribution in [0.15, 0.2) is 0 Å². The Bertz CT molecular complexity index is 146. The first-order valence-corrected chi connectivity index (χ1v) is 5.09. The standard InChI is InChI=1S/C10H19NO/c1-7-2-8-5-12-6-9(3-7)10(8)4-11/h7-10H,2-6,11H2,1H3. The summed E-state index contributed by atoms with van der Waals surface area (Å²) >= 11 is 0. The van der Waals surface area contributed by atoms with E-state index in [0.29, 0.717) is 0 Å². The molecule has 2 atom stereocenters. The van der Waals surface area contributed by atoms with Gasteiger partial charge < -0.3 is 10.5 Å². The zero-order chi connectivity index (χ0) is 8.55. The van der Waals surface area contributed by atoms with Crippen LogP contribution in [-0.2, 0) is 4.74 Å². The molecule has 0 amide bonds. The van der Waals surface area contributed by atoms with E-state index in [4.69, 9.17) is 10.5 Å². The fraction of sp³-hybridized carbons (Fsp3) is 1.00. The number of hydrogen-bond acceptors (Lipinski definition) is 2. The van der Waals surface area contributed by atoms with E-state index >= 15 is 0 Å². The van der Waals surface area contributed by atoms with Crippen molar-refractivity contribution in [1.82, 2.24) is 0 Å². The molecule has 0 aromatic rings. The monoisotopic (exact) mass is 169 g/mol. The molecule has 2 N–H and O–H groups in total. The fourth-order valence-electron chi connectivity index (χ4n) is 3.00. The molecule has 2 rings (SSSR count). The molecule has 1 aliphatic carbocycles. The first kappa shape index (κ1) is 8.52. The smallest absolute Gasteiger partial charge is 0.0497 e. The molecule has 1 aliphatic heterocycles. The van der Waals surface area contributed by atoms with E-state index in [1.54, 1.807) is 0 Å². The van der Waals surface area contributed by atoms with Crippen LogP contribution in [-0.4, -0.2) is 19.8 Å². The first-order valence-electron chi connectivity index (χ1n) is 5.09. The average Bonchev–Trinajstić information content (AvgIpc) is 2.02. The second-order valence-corrected chi connectivity index (χ2v) is 4.53. The largest absolute Gasteiger partial charge is 0.381 e. The molecule has 0 aromatic heterocycles. The maximum atomic E-state index is 5.78. The van der Waals surface area contributed by atoms with Crippen LogP contribution in [0.3, 0.4) is 0 Å². The Morgan fingerprint density at radius 1 is 1.25 bits per heavy atom. The summed E-state index contributed by atoms with van der Waals surface area (Å²) in [5, 5.41) is 0. The summed E-state index contributed by atoms with van der Waals surface area (Å²) in [6.07, 6.45) is 2.66. The summed E-state index contributed by atoms with van der Waals surface area (Å²) in [5.74, 6) is 3.18. The summed E-state index contributed by atoms with van der Waals surface area (Å²) in [4.78, 5) is 0. The molecule has 1 saturated heterocycles. The molecule has 2 aliphatic rings. The topological polar surface area (TPSA) is 35.2 Å². The Hall–Kier alpha value is -0.0800. The van der Waals surface area contributed by atoms with Gasteiger partial charge in [-0.25, -0.2) is 0 Å². The minimum absolute atomic E-state index is 0.759.